The van der Waals surface area contributed by atoms with Gasteiger partial charge >= 0.3 is 0 Å². The fraction of sp³-hybridized carbons (Fsp3) is 0.667. The summed E-state index contributed by atoms with van der Waals surface area (Å²) in [5.74, 6) is 0.795. The lowest BCUT2D eigenvalue weighted by Crippen LogP contribution is -2.22. The SMILES string of the molecule is CCC(NCCC(C)C)c1cccs1. The zero-order valence-corrected chi connectivity index (χ0v) is 10.2. The molecule has 1 rings (SSSR count). The van der Waals surface area contributed by atoms with E-state index in [1.54, 1.807) is 0 Å². The topological polar surface area (TPSA) is 12.0 Å². The van der Waals surface area contributed by atoms with Crippen LogP contribution in [-0.2, 0) is 0 Å². The molecule has 0 aliphatic rings. The van der Waals surface area contributed by atoms with Gasteiger partial charge in [-0.25, -0.2) is 0 Å². The maximum atomic E-state index is 3.61. The fourth-order valence-electron chi connectivity index (χ4n) is 1.48. The largest absolute Gasteiger partial charge is 0.309 e. The van der Waals surface area contributed by atoms with Crippen molar-refractivity contribution in [1.29, 1.82) is 0 Å². The van der Waals surface area contributed by atoms with Crippen LogP contribution in [-0.4, -0.2) is 6.54 Å². The van der Waals surface area contributed by atoms with E-state index in [9.17, 15) is 0 Å². The highest BCUT2D eigenvalue weighted by molar-refractivity contribution is 7.10. The van der Waals surface area contributed by atoms with Crippen molar-refractivity contribution in [2.24, 2.45) is 5.92 Å². The third kappa shape index (κ3) is 3.81. The Balaban J connectivity index is 2.33. The molecule has 0 spiro atoms. The standard InChI is InChI=1S/C12H21NS/c1-4-11(12-6-5-9-14-12)13-8-7-10(2)3/h5-6,9-11,13H,4,7-8H2,1-3H3. The van der Waals surface area contributed by atoms with Gasteiger partial charge < -0.3 is 5.32 Å². The van der Waals surface area contributed by atoms with Crippen molar-refractivity contribution >= 4 is 11.3 Å². The average Bonchev–Trinajstić information content (AvgIpc) is 2.64. The highest BCUT2D eigenvalue weighted by Crippen LogP contribution is 2.21. The Morgan fingerprint density at radius 3 is 2.71 bits per heavy atom. The molecule has 1 heterocycles. The molecule has 1 atom stereocenters. The Morgan fingerprint density at radius 1 is 1.43 bits per heavy atom. The highest BCUT2D eigenvalue weighted by Gasteiger charge is 2.08. The molecule has 0 amide bonds. The predicted molar refractivity (Wildman–Crippen MR) is 64.8 cm³/mol. The van der Waals surface area contributed by atoms with E-state index in [0.29, 0.717) is 6.04 Å². The first kappa shape index (κ1) is 11.7. The van der Waals surface area contributed by atoms with Crippen LogP contribution in [0.3, 0.4) is 0 Å². The second-order valence-electron chi connectivity index (χ2n) is 4.11. The molecule has 1 aromatic rings. The minimum atomic E-state index is 0.564. The Morgan fingerprint density at radius 2 is 2.21 bits per heavy atom. The van der Waals surface area contributed by atoms with Gasteiger partial charge in [0.25, 0.3) is 0 Å². The fourth-order valence-corrected chi connectivity index (χ4v) is 2.37. The van der Waals surface area contributed by atoms with Crippen LogP contribution in [0.5, 0.6) is 0 Å². The molecule has 0 fully saturated rings. The summed E-state index contributed by atoms with van der Waals surface area (Å²) in [4.78, 5) is 1.47. The molecule has 0 saturated heterocycles. The van der Waals surface area contributed by atoms with E-state index in [1.165, 1.54) is 17.7 Å². The molecule has 0 aliphatic carbocycles. The highest BCUT2D eigenvalue weighted by atomic mass is 32.1. The van der Waals surface area contributed by atoms with Crippen LogP contribution in [0.4, 0.5) is 0 Å². The summed E-state index contributed by atoms with van der Waals surface area (Å²) in [7, 11) is 0. The maximum absolute atomic E-state index is 3.61. The summed E-state index contributed by atoms with van der Waals surface area (Å²) in [5.41, 5.74) is 0. The van der Waals surface area contributed by atoms with Gasteiger partial charge in [-0.1, -0.05) is 26.8 Å². The summed E-state index contributed by atoms with van der Waals surface area (Å²) in [6.07, 6.45) is 2.44. The number of thiophene rings is 1. The average molecular weight is 211 g/mol. The number of hydrogen-bond donors (Lipinski definition) is 1. The van der Waals surface area contributed by atoms with E-state index in [-0.39, 0.29) is 0 Å². The third-order valence-electron chi connectivity index (χ3n) is 2.41. The molecule has 0 radical (unpaired) electrons. The second kappa shape index (κ2) is 6.20. The molecule has 0 bridgehead atoms. The van der Waals surface area contributed by atoms with E-state index in [4.69, 9.17) is 0 Å². The van der Waals surface area contributed by atoms with Crippen LogP contribution in [0.15, 0.2) is 17.5 Å². The van der Waals surface area contributed by atoms with Gasteiger partial charge in [-0.15, -0.1) is 11.3 Å². The molecular weight excluding hydrogens is 190 g/mol. The molecule has 1 aromatic heterocycles. The van der Waals surface area contributed by atoms with Crippen molar-refractivity contribution < 1.29 is 0 Å². The quantitative estimate of drug-likeness (QED) is 0.754. The Labute approximate surface area is 91.5 Å². The van der Waals surface area contributed by atoms with Crippen molar-refractivity contribution in [2.75, 3.05) is 6.54 Å². The molecule has 2 heteroatoms. The van der Waals surface area contributed by atoms with Crippen molar-refractivity contribution in [1.82, 2.24) is 5.32 Å². The van der Waals surface area contributed by atoms with Crippen LogP contribution >= 0.6 is 11.3 Å². The summed E-state index contributed by atoms with van der Waals surface area (Å²) >= 11 is 1.85. The van der Waals surface area contributed by atoms with Crippen molar-refractivity contribution in [2.45, 2.75) is 39.7 Å². The first-order valence-electron chi connectivity index (χ1n) is 5.50. The molecule has 0 saturated carbocycles. The molecule has 0 aliphatic heterocycles. The van der Waals surface area contributed by atoms with E-state index in [0.717, 1.165) is 12.5 Å². The van der Waals surface area contributed by atoms with Gasteiger partial charge in [0.1, 0.15) is 0 Å². The molecule has 1 unspecified atom stereocenters. The van der Waals surface area contributed by atoms with Gasteiger partial charge in [0.05, 0.1) is 0 Å². The molecule has 0 aromatic carbocycles. The number of rotatable bonds is 6. The van der Waals surface area contributed by atoms with Gasteiger partial charge in [-0.2, -0.15) is 0 Å². The zero-order chi connectivity index (χ0) is 10.4. The van der Waals surface area contributed by atoms with Crippen molar-refractivity contribution in [3.8, 4) is 0 Å². The Kier molecular flexibility index (Phi) is 5.20. The van der Waals surface area contributed by atoms with E-state index >= 15 is 0 Å². The van der Waals surface area contributed by atoms with Crippen LogP contribution in [0.25, 0.3) is 0 Å². The van der Waals surface area contributed by atoms with Crippen LogP contribution in [0.2, 0.25) is 0 Å². The van der Waals surface area contributed by atoms with Gasteiger partial charge in [-0.05, 0) is 36.8 Å². The first-order chi connectivity index (χ1) is 6.74. The lowest BCUT2D eigenvalue weighted by molar-refractivity contribution is 0.474. The van der Waals surface area contributed by atoms with Crippen LogP contribution in [0.1, 0.15) is 44.5 Å². The first-order valence-corrected chi connectivity index (χ1v) is 6.38. The predicted octanol–water partition coefficient (Wildman–Crippen LogP) is 3.83. The number of hydrogen-bond acceptors (Lipinski definition) is 2. The Hall–Kier alpha value is -0.340. The normalized spacial score (nSPS) is 13.4. The lowest BCUT2D eigenvalue weighted by Gasteiger charge is -2.16. The van der Waals surface area contributed by atoms with E-state index in [2.05, 4.69) is 43.6 Å². The molecule has 1 nitrogen and oxygen atoms in total. The monoisotopic (exact) mass is 211 g/mol. The molecule has 1 N–H and O–H groups in total. The van der Waals surface area contributed by atoms with Gasteiger partial charge in [-0.3, -0.25) is 0 Å². The van der Waals surface area contributed by atoms with Crippen molar-refractivity contribution in [3.63, 3.8) is 0 Å². The van der Waals surface area contributed by atoms with Crippen LogP contribution < -0.4 is 5.32 Å². The minimum absolute atomic E-state index is 0.564. The maximum Gasteiger partial charge on any atom is 0.0412 e. The molecular formula is C12H21NS. The lowest BCUT2D eigenvalue weighted by atomic mass is 10.1. The summed E-state index contributed by atoms with van der Waals surface area (Å²) in [5, 5.41) is 5.77. The molecule has 14 heavy (non-hydrogen) atoms. The van der Waals surface area contributed by atoms with E-state index < -0.39 is 0 Å². The van der Waals surface area contributed by atoms with E-state index in [1.807, 2.05) is 11.3 Å². The Bertz CT molecular complexity index is 228. The molecule has 80 valence electrons. The second-order valence-corrected chi connectivity index (χ2v) is 5.09. The smallest absolute Gasteiger partial charge is 0.0412 e. The van der Waals surface area contributed by atoms with Crippen molar-refractivity contribution in [3.05, 3.63) is 22.4 Å². The zero-order valence-electron chi connectivity index (χ0n) is 9.42. The third-order valence-corrected chi connectivity index (χ3v) is 3.39. The summed E-state index contributed by atoms with van der Waals surface area (Å²) in [6, 6.07) is 4.92. The van der Waals surface area contributed by atoms with Gasteiger partial charge in [0.15, 0.2) is 0 Å². The van der Waals surface area contributed by atoms with Gasteiger partial charge in [0.2, 0.25) is 0 Å². The summed E-state index contributed by atoms with van der Waals surface area (Å²) < 4.78 is 0. The summed E-state index contributed by atoms with van der Waals surface area (Å²) in [6.45, 7) is 7.92. The minimum Gasteiger partial charge on any atom is -0.309 e. The number of nitrogens with one attached hydrogen (secondary N) is 1. The van der Waals surface area contributed by atoms with Gasteiger partial charge in [0, 0.05) is 10.9 Å². The van der Waals surface area contributed by atoms with Crippen LogP contribution in [0, 0.1) is 5.92 Å².